The summed E-state index contributed by atoms with van der Waals surface area (Å²) in [5.41, 5.74) is 4.07. The normalized spacial score (nSPS) is 11.4. The highest BCUT2D eigenvalue weighted by molar-refractivity contribution is 7.92. The van der Waals surface area contributed by atoms with Crippen LogP contribution in [0.15, 0.2) is 77.7 Å². The van der Waals surface area contributed by atoms with E-state index in [4.69, 9.17) is 10.2 Å². The van der Waals surface area contributed by atoms with Crippen molar-refractivity contribution in [1.82, 2.24) is 9.55 Å². The maximum absolute atomic E-state index is 12.6. The summed E-state index contributed by atoms with van der Waals surface area (Å²) in [7, 11) is -3.76. The van der Waals surface area contributed by atoms with E-state index in [-0.39, 0.29) is 4.90 Å². The zero-order chi connectivity index (χ0) is 22.6. The molecule has 1 heterocycles. The van der Waals surface area contributed by atoms with E-state index in [0.717, 1.165) is 48.2 Å². The first-order valence-corrected chi connectivity index (χ1v) is 12.0. The van der Waals surface area contributed by atoms with E-state index < -0.39 is 10.0 Å². The molecule has 0 aliphatic rings. The van der Waals surface area contributed by atoms with E-state index in [9.17, 15) is 8.42 Å². The Labute approximate surface area is 188 Å². The molecule has 1 N–H and O–H groups in total. The van der Waals surface area contributed by atoms with Crippen molar-refractivity contribution in [2.75, 3.05) is 4.72 Å². The van der Waals surface area contributed by atoms with Crippen molar-refractivity contribution in [2.45, 2.75) is 37.6 Å². The molecule has 0 radical (unpaired) electrons. The third-order valence-electron chi connectivity index (χ3n) is 5.30. The number of rotatable bonds is 8. The van der Waals surface area contributed by atoms with Gasteiger partial charge in [0.05, 0.1) is 27.6 Å². The van der Waals surface area contributed by atoms with E-state index in [1.54, 1.807) is 24.3 Å². The fourth-order valence-corrected chi connectivity index (χ4v) is 4.84. The molecule has 32 heavy (non-hydrogen) atoms. The first-order valence-electron chi connectivity index (χ1n) is 10.6. The number of anilines is 1. The summed E-state index contributed by atoms with van der Waals surface area (Å²) in [5.74, 6) is 1.07. The quantitative estimate of drug-likeness (QED) is 0.418. The summed E-state index contributed by atoms with van der Waals surface area (Å²) in [6, 6.07) is 23.5. The number of hydrogen-bond donors (Lipinski definition) is 1. The third-order valence-corrected chi connectivity index (χ3v) is 6.68. The molecule has 7 heteroatoms. The maximum Gasteiger partial charge on any atom is 0.261 e. The predicted molar refractivity (Wildman–Crippen MR) is 126 cm³/mol. The number of nitriles is 1. The van der Waals surface area contributed by atoms with Crippen molar-refractivity contribution in [3.05, 3.63) is 89.7 Å². The standard InChI is InChI=1S/C25H24N4O2S/c1-2-16-29-24-9-4-3-8-23(24)27-25(29)15-12-19-10-13-21(14-11-19)28-32(30,31)22-7-5-6-20(17-22)18-26/h3-11,13-14,17,28H,2,12,15-16H2,1H3. The lowest BCUT2D eigenvalue weighted by Gasteiger charge is -2.10. The molecule has 0 saturated carbocycles. The topological polar surface area (TPSA) is 87.8 Å². The molecular formula is C25H24N4O2S. The van der Waals surface area contributed by atoms with Crippen LogP contribution in [0.2, 0.25) is 0 Å². The Morgan fingerprint density at radius 1 is 1.00 bits per heavy atom. The Morgan fingerprint density at radius 3 is 2.53 bits per heavy atom. The molecule has 0 fully saturated rings. The molecule has 0 bridgehead atoms. The molecule has 0 atom stereocenters. The zero-order valence-corrected chi connectivity index (χ0v) is 18.6. The van der Waals surface area contributed by atoms with Gasteiger partial charge in [0, 0.05) is 18.7 Å². The van der Waals surface area contributed by atoms with Crippen molar-refractivity contribution < 1.29 is 8.42 Å². The van der Waals surface area contributed by atoms with E-state index in [2.05, 4.69) is 22.3 Å². The van der Waals surface area contributed by atoms with Gasteiger partial charge in [0.15, 0.2) is 0 Å². The highest BCUT2D eigenvalue weighted by Crippen LogP contribution is 2.20. The fourth-order valence-electron chi connectivity index (χ4n) is 3.73. The van der Waals surface area contributed by atoms with Crippen LogP contribution in [0.5, 0.6) is 0 Å². The van der Waals surface area contributed by atoms with Gasteiger partial charge in [0.2, 0.25) is 0 Å². The molecule has 4 rings (SSSR count). The molecule has 6 nitrogen and oxygen atoms in total. The highest BCUT2D eigenvalue weighted by atomic mass is 32.2. The highest BCUT2D eigenvalue weighted by Gasteiger charge is 2.15. The summed E-state index contributed by atoms with van der Waals surface area (Å²) < 4.78 is 30.1. The average molecular weight is 445 g/mol. The van der Waals surface area contributed by atoms with Gasteiger partial charge in [-0.05, 0) is 60.9 Å². The van der Waals surface area contributed by atoms with Crippen LogP contribution in [-0.4, -0.2) is 18.0 Å². The van der Waals surface area contributed by atoms with E-state index in [1.165, 1.54) is 12.1 Å². The Morgan fingerprint density at radius 2 is 1.78 bits per heavy atom. The zero-order valence-electron chi connectivity index (χ0n) is 17.8. The number of nitrogens with one attached hydrogen (secondary N) is 1. The Balaban J connectivity index is 1.46. The van der Waals surface area contributed by atoms with Crippen molar-refractivity contribution >= 4 is 26.7 Å². The number of benzene rings is 3. The molecule has 0 unspecified atom stereocenters. The number of sulfonamides is 1. The monoisotopic (exact) mass is 444 g/mol. The van der Waals surface area contributed by atoms with Crippen LogP contribution in [0.1, 0.15) is 30.3 Å². The van der Waals surface area contributed by atoms with Crippen LogP contribution in [0.4, 0.5) is 5.69 Å². The van der Waals surface area contributed by atoms with Crippen molar-refractivity contribution in [3.8, 4) is 6.07 Å². The molecule has 0 spiro atoms. The summed E-state index contributed by atoms with van der Waals surface area (Å²) in [5, 5.41) is 9.00. The van der Waals surface area contributed by atoms with Gasteiger partial charge in [-0.25, -0.2) is 13.4 Å². The molecule has 1 aromatic heterocycles. The summed E-state index contributed by atoms with van der Waals surface area (Å²) in [4.78, 5) is 4.87. The number of para-hydroxylation sites is 2. The van der Waals surface area contributed by atoms with Gasteiger partial charge in [-0.2, -0.15) is 5.26 Å². The first-order chi connectivity index (χ1) is 15.5. The molecule has 0 amide bonds. The Kier molecular flexibility index (Phi) is 6.24. The molecule has 0 saturated heterocycles. The molecule has 0 aliphatic carbocycles. The van der Waals surface area contributed by atoms with Crippen molar-refractivity contribution in [3.63, 3.8) is 0 Å². The summed E-state index contributed by atoms with van der Waals surface area (Å²) >= 11 is 0. The minimum absolute atomic E-state index is 0.0652. The SMILES string of the molecule is CCCn1c(CCc2ccc(NS(=O)(=O)c3cccc(C#N)c3)cc2)nc2ccccc21. The number of fused-ring (bicyclic) bond motifs is 1. The average Bonchev–Trinajstić information content (AvgIpc) is 3.16. The van der Waals surface area contributed by atoms with Crippen molar-refractivity contribution in [1.29, 1.82) is 5.26 Å². The minimum Gasteiger partial charge on any atom is -0.328 e. The van der Waals surface area contributed by atoms with Crippen LogP contribution in [0.3, 0.4) is 0 Å². The van der Waals surface area contributed by atoms with Crippen molar-refractivity contribution in [2.24, 2.45) is 0 Å². The Hall–Kier alpha value is -3.63. The molecular weight excluding hydrogens is 420 g/mol. The number of imidazole rings is 1. The van der Waals surface area contributed by atoms with Gasteiger partial charge in [-0.3, -0.25) is 4.72 Å². The van der Waals surface area contributed by atoms with Crippen LogP contribution >= 0.6 is 0 Å². The molecule has 3 aromatic carbocycles. The molecule has 162 valence electrons. The maximum atomic E-state index is 12.6. The van der Waals surface area contributed by atoms with Crippen LogP contribution in [0, 0.1) is 11.3 Å². The van der Waals surface area contributed by atoms with Crippen LogP contribution in [0.25, 0.3) is 11.0 Å². The number of hydrogen-bond acceptors (Lipinski definition) is 4. The largest absolute Gasteiger partial charge is 0.328 e. The minimum atomic E-state index is -3.76. The van der Waals surface area contributed by atoms with Gasteiger partial charge >= 0.3 is 0 Å². The van der Waals surface area contributed by atoms with Gasteiger partial charge in [0.1, 0.15) is 5.82 Å². The van der Waals surface area contributed by atoms with E-state index in [0.29, 0.717) is 11.3 Å². The van der Waals surface area contributed by atoms with Gasteiger partial charge in [-0.1, -0.05) is 37.3 Å². The van der Waals surface area contributed by atoms with Gasteiger partial charge in [0.25, 0.3) is 10.0 Å². The second-order valence-electron chi connectivity index (χ2n) is 7.61. The number of aryl methyl sites for hydroxylation is 3. The van der Waals surface area contributed by atoms with Crippen LogP contribution < -0.4 is 4.72 Å². The third kappa shape index (κ3) is 4.66. The molecule has 0 aliphatic heterocycles. The lowest BCUT2D eigenvalue weighted by atomic mass is 10.1. The first kappa shape index (κ1) is 21.6. The number of nitrogens with zero attached hydrogens (tertiary/aromatic N) is 3. The Bertz CT molecular complexity index is 1380. The fraction of sp³-hybridized carbons (Fsp3) is 0.200. The van der Waals surface area contributed by atoms with Gasteiger partial charge < -0.3 is 4.57 Å². The van der Waals surface area contributed by atoms with E-state index >= 15 is 0 Å². The van der Waals surface area contributed by atoms with Gasteiger partial charge in [-0.15, -0.1) is 0 Å². The lowest BCUT2D eigenvalue weighted by Crippen LogP contribution is -2.13. The second-order valence-corrected chi connectivity index (χ2v) is 9.29. The summed E-state index contributed by atoms with van der Waals surface area (Å²) in [6.07, 6.45) is 2.66. The van der Waals surface area contributed by atoms with Crippen LogP contribution in [-0.2, 0) is 29.4 Å². The number of aromatic nitrogens is 2. The summed E-state index contributed by atoms with van der Waals surface area (Å²) in [6.45, 7) is 3.10. The predicted octanol–water partition coefficient (Wildman–Crippen LogP) is 4.90. The van der Waals surface area contributed by atoms with E-state index in [1.807, 2.05) is 36.4 Å². The lowest BCUT2D eigenvalue weighted by molar-refractivity contribution is 0.601. The second kappa shape index (κ2) is 9.25. The molecule has 4 aromatic rings. The smallest absolute Gasteiger partial charge is 0.261 e.